The van der Waals surface area contributed by atoms with Gasteiger partial charge in [-0.05, 0) is 44.9 Å². The molecule has 0 amide bonds. The molecule has 0 aliphatic carbocycles. The number of benzene rings is 1. The summed E-state index contributed by atoms with van der Waals surface area (Å²) in [6.45, 7) is 5.82. The van der Waals surface area contributed by atoms with E-state index in [-0.39, 0.29) is 0 Å². The maximum absolute atomic E-state index is 10.9. The van der Waals surface area contributed by atoms with E-state index in [1.54, 1.807) is 6.92 Å². The van der Waals surface area contributed by atoms with Crippen LogP contribution in [0.5, 0.6) is 0 Å². The quantitative estimate of drug-likeness (QED) is 0.720. The molecule has 4 heteroatoms. The van der Waals surface area contributed by atoms with Gasteiger partial charge in [0.2, 0.25) is 0 Å². The van der Waals surface area contributed by atoms with Gasteiger partial charge in [-0.3, -0.25) is 4.79 Å². The predicted molar refractivity (Wildman–Crippen MR) is 86.2 cm³/mol. The van der Waals surface area contributed by atoms with E-state index in [2.05, 4.69) is 32.0 Å². The molecule has 0 saturated heterocycles. The lowest BCUT2D eigenvalue weighted by Crippen LogP contribution is -2.44. The van der Waals surface area contributed by atoms with Crippen molar-refractivity contribution in [1.29, 1.82) is 0 Å². The van der Waals surface area contributed by atoms with E-state index >= 15 is 0 Å². The van der Waals surface area contributed by atoms with Gasteiger partial charge < -0.3 is 10.8 Å². The third-order valence-corrected chi connectivity index (χ3v) is 4.39. The highest BCUT2D eigenvalue weighted by atomic mass is 32.2. The standard InChI is InChI=1S/C16H25NO2S/c1-12-8-13(2)10-14(9-12)11-20-7-5-4-6-16(3,17)15(18)19/h8-10H,4-7,11,17H2,1-3H3,(H,18,19). The Labute approximate surface area is 125 Å². The van der Waals surface area contributed by atoms with Crippen molar-refractivity contribution in [2.45, 2.75) is 51.3 Å². The zero-order chi connectivity index (χ0) is 15.2. The molecule has 3 nitrogen and oxygen atoms in total. The number of aliphatic carboxylic acids is 1. The van der Waals surface area contributed by atoms with Crippen LogP contribution < -0.4 is 5.73 Å². The molecule has 112 valence electrons. The molecule has 1 atom stereocenters. The molecule has 1 aromatic carbocycles. The van der Waals surface area contributed by atoms with Gasteiger partial charge in [0.25, 0.3) is 0 Å². The number of carboxylic acids is 1. The van der Waals surface area contributed by atoms with Crippen LogP contribution in [0.15, 0.2) is 18.2 Å². The van der Waals surface area contributed by atoms with Crippen molar-refractivity contribution in [2.24, 2.45) is 5.73 Å². The summed E-state index contributed by atoms with van der Waals surface area (Å²) in [7, 11) is 0. The van der Waals surface area contributed by atoms with E-state index in [1.165, 1.54) is 16.7 Å². The number of hydrogen-bond donors (Lipinski definition) is 2. The molecular formula is C16H25NO2S. The maximum atomic E-state index is 10.9. The van der Waals surface area contributed by atoms with Crippen LogP contribution in [-0.2, 0) is 10.5 Å². The molecule has 0 aliphatic heterocycles. The van der Waals surface area contributed by atoms with Gasteiger partial charge in [-0.1, -0.05) is 35.7 Å². The fraction of sp³-hybridized carbons (Fsp3) is 0.562. The van der Waals surface area contributed by atoms with Crippen LogP contribution in [0.3, 0.4) is 0 Å². The van der Waals surface area contributed by atoms with Gasteiger partial charge in [0.15, 0.2) is 0 Å². The number of nitrogens with two attached hydrogens (primary N) is 1. The fourth-order valence-corrected chi connectivity index (χ4v) is 3.10. The average molecular weight is 295 g/mol. The van der Waals surface area contributed by atoms with E-state index in [0.29, 0.717) is 6.42 Å². The Kier molecular flexibility index (Phi) is 6.56. The number of aryl methyl sites for hydroxylation is 2. The van der Waals surface area contributed by atoms with Gasteiger partial charge in [-0.2, -0.15) is 11.8 Å². The lowest BCUT2D eigenvalue weighted by molar-refractivity contribution is -0.142. The lowest BCUT2D eigenvalue weighted by Gasteiger charge is -2.18. The monoisotopic (exact) mass is 295 g/mol. The number of hydrogen-bond acceptors (Lipinski definition) is 3. The Morgan fingerprint density at radius 2 is 1.85 bits per heavy atom. The zero-order valence-corrected chi connectivity index (χ0v) is 13.4. The number of rotatable bonds is 8. The molecule has 0 aliphatic rings. The lowest BCUT2D eigenvalue weighted by atomic mass is 9.97. The largest absolute Gasteiger partial charge is 0.480 e. The third-order valence-electron chi connectivity index (χ3n) is 3.27. The summed E-state index contributed by atoms with van der Waals surface area (Å²) in [6, 6.07) is 6.63. The fourth-order valence-electron chi connectivity index (χ4n) is 2.15. The molecule has 0 heterocycles. The van der Waals surface area contributed by atoms with E-state index in [1.807, 2.05) is 11.8 Å². The van der Waals surface area contributed by atoms with Crippen LogP contribution in [0.2, 0.25) is 0 Å². The van der Waals surface area contributed by atoms with Crippen molar-refractivity contribution in [1.82, 2.24) is 0 Å². The highest BCUT2D eigenvalue weighted by molar-refractivity contribution is 7.98. The summed E-state index contributed by atoms with van der Waals surface area (Å²) in [5.41, 5.74) is 8.58. The molecule has 0 fully saturated rings. The molecule has 0 saturated carbocycles. The van der Waals surface area contributed by atoms with Crippen molar-refractivity contribution >= 4 is 17.7 Å². The second-order valence-electron chi connectivity index (χ2n) is 5.73. The molecule has 1 aromatic rings. The summed E-state index contributed by atoms with van der Waals surface area (Å²) in [5.74, 6) is 1.14. The van der Waals surface area contributed by atoms with Crippen LogP contribution in [0.4, 0.5) is 0 Å². The summed E-state index contributed by atoms with van der Waals surface area (Å²) in [6.07, 6.45) is 2.40. The van der Waals surface area contributed by atoms with Crippen molar-refractivity contribution < 1.29 is 9.90 Å². The second-order valence-corrected chi connectivity index (χ2v) is 6.83. The average Bonchev–Trinajstić information content (AvgIpc) is 2.32. The molecule has 1 unspecified atom stereocenters. The summed E-state index contributed by atoms with van der Waals surface area (Å²) in [5, 5.41) is 8.91. The Bertz CT molecular complexity index is 438. The normalized spacial score (nSPS) is 14.0. The third kappa shape index (κ3) is 5.97. The smallest absolute Gasteiger partial charge is 0.323 e. The topological polar surface area (TPSA) is 63.3 Å². The van der Waals surface area contributed by atoms with Gasteiger partial charge in [0, 0.05) is 5.75 Å². The van der Waals surface area contributed by atoms with Gasteiger partial charge in [-0.25, -0.2) is 0 Å². The minimum Gasteiger partial charge on any atom is -0.480 e. The first-order valence-corrected chi connectivity index (χ1v) is 8.14. The Morgan fingerprint density at radius 3 is 2.40 bits per heavy atom. The molecule has 0 bridgehead atoms. The second kappa shape index (κ2) is 7.70. The Balaban J connectivity index is 2.21. The van der Waals surface area contributed by atoms with Crippen LogP contribution in [-0.4, -0.2) is 22.4 Å². The minimum atomic E-state index is -1.08. The van der Waals surface area contributed by atoms with E-state index in [0.717, 1.165) is 24.3 Å². The maximum Gasteiger partial charge on any atom is 0.323 e. The van der Waals surface area contributed by atoms with Gasteiger partial charge in [-0.15, -0.1) is 0 Å². The molecule has 0 radical (unpaired) electrons. The molecule has 0 spiro atoms. The van der Waals surface area contributed by atoms with Gasteiger partial charge >= 0.3 is 5.97 Å². The first kappa shape index (κ1) is 17.1. The number of carboxylic acid groups (broad SMARTS) is 1. The first-order chi connectivity index (χ1) is 9.31. The number of thioether (sulfide) groups is 1. The number of carbonyl (C=O) groups is 1. The van der Waals surface area contributed by atoms with Crippen molar-refractivity contribution in [3.63, 3.8) is 0 Å². The highest BCUT2D eigenvalue weighted by Crippen LogP contribution is 2.18. The van der Waals surface area contributed by atoms with Crippen LogP contribution in [0, 0.1) is 13.8 Å². The van der Waals surface area contributed by atoms with Gasteiger partial charge in [0.05, 0.1) is 0 Å². The van der Waals surface area contributed by atoms with Crippen molar-refractivity contribution in [2.75, 3.05) is 5.75 Å². The van der Waals surface area contributed by atoms with Crippen molar-refractivity contribution in [3.8, 4) is 0 Å². The summed E-state index contributed by atoms with van der Waals surface area (Å²) in [4.78, 5) is 10.9. The van der Waals surface area contributed by atoms with E-state index in [9.17, 15) is 4.79 Å². The molecular weight excluding hydrogens is 270 g/mol. The minimum absolute atomic E-state index is 0.534. The SMILES string of the molecule is Cc1cc(C)cc(CSCCCCC(C)(N)C(=O)O)c1. The van der Waals surface area contributed by atoms with Crippen LogP contribution >= 0.6 is 11.8 Å². The van der Waals surface area contributed by atoms with Crippen LogP contribution in [0.1, 0.15) is 42.9 Å². The van der Waals surface area contributed by atoms with E-state index < -0.39 is 11.5 Å². The summed E-state index contributed by atoms with van der Waals surface area (Å²) >= 11 is 1.89. The Hall–Kier alpha value is -1.00. The number of unbranched alkanes of at least 4 members (excludes halogenated alkanes) is 1. The van der Waals surface area contributed by atoms with Crippen molar-refractivity contribution in [3.05, 3.63) is 34.9 Å². The molecule has 1 rings (SSSR count). The first-order valence-electron chi connectivity index (χ1n) is 6.98. The van der Waals surface area contributed by atoms with Crippen LogP contribution in [0.25, 0.3) is 0 Å². The molecule has 0 aromatic heterocycles. The van der Waals surface area contributed by atoms with Gasteiger partial charge in [0.1, 0.15) is 5.54 Å². The zero-order valence-electron chi connectivity index (χ0n) is 12.6. The summed E-state index contributed by atoms with van der Waals surface area (Å²) < 4.78 is 0. The predicted octanol–water partition coefficient (Wildman–Crippen LogP) is 3.51. The van der Waals surface area contributed by atoms with E-state index in [4.69, 9.17) is 10.8 Å². The molecule has 3 N–H and O–H groups in total. The Morgan fingerprint density at radius 1 is 1.25 bits per heavy atom. The highest BCUT2D eigenvalue weighted by Gasteiger charge is 2.26. The molecule has 20 heavy (non-hydrogen) atoms.